The Labute approximate surface area is 132 Å². The lowest BCUT2D eigenvalue weighted by atomic mass is 9.79. The van der Waals surface area contributed by atoms with Gasteiger partial charge in [0.25, 0.3) is 0 Å². The molecule has 0 amide bonds. The van der Waals surface area contributed by atoms with E-state index in [-0.39, 0.29) is 0 Å². The quantitative estimate of drug-likeness (QED) is 0.777. The van der Waals surface area contributed by atoms with Crippen molar-refractivity contribution in [2.24, 2.45) is 17.6 Å². The van der Waals surface area contributed by atoms with E-state index in [0.717, 1.165) is 23.9 Å². The monoisotopic (exact) mass is 294 g/mol. The second-order valence-corrected chi connectivity index (χ2v) is 8.12. The van der Waals surface area contributed by atoms with E-state index in [1.54, 1.807) is 0 Å². The van der Waals surface area contributed by atoms with Crippen LogP contribution in [0.4, 0.5) is 0 Å². The average molecular weight is 295 g/mol. The number of hydrogen-bond acceptors (Lipinski definition) is 2. The van der Waals surface area contributed by atoms with Crippen LogP contribution in [0, 0.1) is 11.8 Å². The molecule has 21 heavy (non-hydrogen) atoms. The van der Waals surface area contributed by atoms with E-state index in [1.165, 1.54) is 70.8 Å². The van der Waals surface area contributed by atoms with E-state index in [2.05, 4.69) is 25.7 Å². The summed E-state index contributed by atoms with van der Waals surface area (Å²) in [5, 5.41) is 0. The smallest absolute Gasteiger partial charge is 0.0101 e. The fraction of sp³-hybridized carbons (Fsp3) is 1.00. The zero-order valence-corrected chi connectivity index (χ0v) is 14.7. The first-order chi connectivity index (χ1) is 10.1. The van der Waals surface area contributed by atoms with Crippen LogP contribution in [0.2, 0.25) is 0 Å². The van der Waals surface area contributed by atoms with E-state index < -0.39 is 0 Å². The summed E-state index contributed by atoms with van der Waals surface area (Å²) in [7, 11) is 0. The summed E-state index contributed by atoms with van der Waals surface area (Å²) in [6, 6.07) is 2.17. The minimum Gasteiger partial charge on any atom is -0.328 e. The molecule has 2 aliphatic rings. The summed E-state index contributed by atoms with van der Waals surface area (Å²) in [4.78, 5) is 2.90. The van der Waals surface area contributed by atoms with Crippen molar-refractivity contribution in [2.45, 2.75) is 103 Å². The third kappa shape index (κ3) is 5.25. The molecule has 2 fully saturated rings. The predicted molar refractivity (Wildman–Crippen MR) is 92.4 cm³/mol. The maximum Gasteiger partial charge on any atom is 0.0101 e. The van der Waals surface area contributed by atoms with Crippen molar-refractivity contribution >= 4 is 0 Å². The highest BCUT2D eigenvalue weighted by atomic mass is 15.2. The van der Waals surface area contributed by atoms with Crippen LogP contribution in [0.25, 0.3) is 0 Å². The normalized spacial score (nSPS) is 34.6. The Morgan fingerprint density at radius 1 is 1.00 bits per heavy atom. The summed E-state index contributed by atoms with van der Waals surface area (Å²) in [5.41, 5.74) is 6.11. The van der Waals surface area contributed by atoms with Crippen LogP contribution < -0.4 is 5.73 Å². The fourth-order valence-electron chi connectivity index (χ4n) is 4.80. The summed E-state index contributed by atoms with van der Waals surface area (Å²) >= 11 is 0. The Hall–Kier alpha value is -0.0800. The molecule has 2 unspecified atom stereocenters. The van der Waals surface area contributed by atoms with Gasteiger partial charge in [-0.3, -0.25) is 4.90 Å². The zero-order valence-electron chi connectivity index (χ0n) is 14.7. The highest BCUT2D eigenvalue weighted by Gasteiger charge is 2.32. The third-order valence-corrected chi connectivity index (χ3v) is 5.72. The first-order valence-corrected chi connectivity index (χ1v) is 9.61. The lowest BCUT2D eigenvalue weighted by molar-refractivity contribution is 0.0599. The van der Waals surface area contributed by atoms with Crippen LogP contribution in [0.5, 0.6) is 0 Å². The highest BCUT2D eigenvalue weighted by molar-refractivity contribution is 4.88. The van der Waals surface area contributed by atoms with Crippen LogP contribution in [0.3, 0.4) is 0 Å². The molecular formula is C19H38N2. The van der Waals surface area contributed by atoms with Gasteiger partial charge in [-0.15, -0.1) is 0 Å². The maximum atomic E-state index is 6.11. The van der Waals surface area contributed by atoms with Crippen LogP contribution in [0.15, 0.2) is 0 Å². The minimum atomic E-state index is 0.477. The summed E-state index contributed by atoms with van der Waals surface area (Å²) in [6.07, 6.45) is 13.7. The van der Waals surface area contributed by atoms with Crippen LogP contribution >= 0.6 is 0 Å². The average Bonchev–Trinajstić information content (AvgIpc) is 2.45. The van der Waals surface area contributed by atoms with Gasteiger partial charge in [-0.2, -0.15) is 0 Å². The largest absolute Gasteiger partial charge is 0.328 e. The first-order valence-electron chi connectivity index (χ1n) is 9.61. The van der Waals surface area contributed by atoms with E-state index >= 15 is 0 Å². The molecule has 0 aromatic heterocycles. The molecule has 0 aromatic rings. The highest BCUT2D eigenvalue weighted by Crippen LogP contribution is 2.35. The first kappa shape index (κ1) is 17.3. The topological polar surface area (TPSA) is 29.3 Å². The van der Waals surface area contributed by atoms with Crippen molar-refractivity contribution in [3.05, 3.63) is 0 Å². The van der Waals surface area contributed by atoms with Crippen LogP contribution in [0.1, 0.15) is 85.0 Å². The number of nitrogens with two attached hydrogens (primary N) is 1. The predicted octanol–water partition coefficient (Wildman–Crippen LogP) is 4.57. The Morgan fingerprint density at radius 2 is 1.71 bits per heavy atom. The van der Waals surface area contributed by atoms with Gasteiger partial charge in [0.05, 0.1) is 0 Å². The van der Waals surface area contributed by atoms with Crippen molar-refractivity contribution in [2.75, 3.05) is 6.54 Å². The van der Waals surface area contributed by atoms with Gasteiger partial charge < -0.3 is 5.73 Å². The molecule has 2 heteroatoms. The summed E-state index contributed by atoms with van der Waals surface area (Å²) in [5.74, 6) is 1.84. The van der Waals surface area contributed by atoms with Crippen molar-refractivity contribution in [3.8, 4) is 0 Å². The lowest BCUT2D eigenvalue weighted by Crippen LogP contribution is -2.48. The molecule has 0 aliphatic heterocycles. The summed E-state index contributed by atoms with van der Waals surface area (Å²) < 4.78 is 0. The molecule has 2 atom stereocenters. The van der Waals surface area contributed by atoms with Gasteiger partial charge in [-0.25, -0.2) is 0 Å². The molecule has 0 aromatic carbocycles. The molecule has 2 saturated carbocycles. The third-order valence-electron chi connectivity index (χ3n) is 5.72. The van der Waals surface area contributed by atoms with Crippen molar-refractivity contribution in [3.63, 3.8) is 0 Å². The molecule has 2 N–H and O–H groups in total. The van der Waals surface area contributed by atoms with Gasteiger partial charge in [0.2, 0.25) is 0 Å². The van der Waals surface area contributed by atoms with Crippen molar-refractivity contribution in [1.29, 1.82) is 0 Å². The van der Waals surface area contributed by atoms with E-state index in [0.29, 0.717) is 6.04 Å². The molecule has 0 saturated heterocycles. The molecule has 2 rings (SSSR count). The van der Waals surface area contributed by atoms with Crippen LogP contribution in [-0.2, 0) is 0 Å². The molecular weight excluding hydrogens is 256 g/mol. The van der Waals surface area contributed by atoms with Crippen molar-refractivity contribution < 1.29 is 0 Å². The molecule has 124 valence electrons. The van der Waals surface area contributed by atoms with E-state index in [4.69, 9.17) is 5.73 Å². The number of rotatable bonds is 6. The molecule has 0 bridgehead atoms. The van der Waals surface area contributed by atoms with E-state index in [9.17, 15) is 0 Å². The van der Waals surface area contributed by atoms with Gasteiger partial charge in [0.15, 0.2) is 0 Å². The second kappa shape index (κ2) is 8.53. The SMILES string of the molecule is CCCN(C1CCC(N)CC1)C1CCCC(CC(C)C)C1. The zero-order chi connectivity index (χ0) is 15.2. The second-order valence-electron chi connectivity index (χ2n) is 8.12. The van der Waals surface area contributed by atoms with Gasteiger partial charge in [-0.05, 0) is 69.7 Å². The van der Waals surface area contributed by atoms with Gasteiger partial charge in [-0.1, -0.05) is 33.6 Å². The molecule has 2 aliphatic carbocycles. The molecule has 0 radical (unpaired) electrons. The minimum absolute atomic E-state index is 0.477. The Kier molecular flexibility index (Phi) is 7.01. The molecule has 2 nitrogen and oxygen atoms in total. The van der Waals surface area contributed by atoms with Crippen LogP contribution in [-0.4, -0.2) is 29.6 Å². The van der Waals surface area contributed by atoms with Gasteiger partial charge >= 0.3 is 0 Å². The Morgan fingerprint density at radius 3 is 2.33 bits per heavy atom. The van der Waals surface area contributed by atoms with Gasteiger partial charge in [0, 0.05) is 18.1 Å². The van der Waals surface area contributed by atoms with Gasteiger partial charge in [0.1, 0.15) is 0 Å². The Balaban J connectivity index is 1.93. The maximum absolute atomic E-state index is 6.11. The Bertz CT molecular complexity index is 281. The molecule has 0 heterocycles. The van der Waals surface area contributed by atoms with Crippen molar-refractivity contribution in [1.82, 2.24) is 4.90 Å². The summed E-state index contributed by atoms with van der Waals surface area (Å²) in [6.45, 7) is 8.42. The number of nitrogens with zero attached hydrogens (tertiary/aromatic N) is 1. The lowest BCUT2D eigenvalue weighted by Gasteiger charge is -2.44. The fourth-order valence-corrected chi connectivity index (χ4v) is 4.80. The molecule has 0 spiro atoms. The van der Waals surface area contributed by atoms with E-state index in [1.807, 2.05) is 0 Å². The number of hydrogen-bond donors (Lipinski definition) is 1. The standard InChI is InChI=1S/C19H38N2/c1-4-12-21(18-10-8-17(20)9-11-18)19-7-5-6-16(14-19)13-15(2)3/h15-19H,4-14,20H2,1-3H3.